The van der Waals surface area contributed by atoms with E-state index in [0.29, 0.717) is 10.7 Å². The van der Waals surface area contributed by atoms with Gasteiger partial charge in [-0.1, -0.05) is 41.9 Å². The summed E-state index contributed by atoms with van der Waals surface area (Å²) in [6.45, 7) is 4.18. The minimum Gasteiger partial charge on any atom is -0.166 e. The van der Waals surface area contributed by atoms with Crippen molar-refractivity contribution in [2.24, 2.45) is 5.92 Å². The molecular formula is C13H16BrF3. The van der Waals surface area contributed by atoms with Crippen molar-refractivity contribution in [2.45, 2.75) is 37.7 Å². The first-order valence-electron chi connectivity index (χ1n) is 5.59. The molecule has 2 unspecified atom stereocenters. The molecule has 0 N–H and O–H groups in total. The van der Waals surface area contributed by atoms with Crippen LogP contribution in [0.25, 0.3) is 0 Å². The van der Waals surface area contributed by atoms with E-state index in [1.54, 1.807) is 12.1 Å². The average molecular weight is 309 g/mol. The lowest BCUT2D eigenvalue weighted by Crippen LogP contribution is -2.07. The quantitative estimate of drug-likeness (QED) is 0.682. The number of benzene rings is 1. The Morgan fingerprint density at radius 3 is 2.06 bits per heavy atom. The molecule has 1 rings (SSSR count). The highest BCUT2D eigenvalue weighted by Crippen LogP contribution is 2.29. The van der Waals surface area contributed by atoms with Gasteiger partial charge in [-0.2, -0.15) is 13.2 Å². The van der Waals surface area contributed by atoms with E-state index in [2.05, 4.69) is 29.8 Å². The van der Waals surface area contributed by atoms with Crippen molar-refractivity contribution < 1.29 is 13.2 Å². The monoisotopic (exact) mass is 308 g/mol. The van der Waals surface area contributed by atoms with Crippen LogP contribution in [0, 0.1) is 5.92 Å². The Labute approximate surface area is 108 Å². The Bertz CT molecular complexity index is 341. The van der Waals surface area contributed by atoms with Crippen LogP contribution in [0.4, 0.5) is 13.2 Å². The molecule has 1 aromatic rings. The van der Waals surface area contributed by atoms with Crippen molar-refractivity contribution in [2.75, 3.05) is 0 Å². The van der Waals surface area contributed by atoms with Gasteiger partial charge in [0.15, 0.2) is 0 Å². The van der Waals surface area contributed by atoms with Gasteiger partial charge in [0.05, 0.1) is 5.56 Å². The zero-order chi connectivity index (χ0) is 13.1. The van der Waals surface area contributed by atoms with Crippen LogP contribution in [-0.4, -0.2) is 4.83 Å². The van der Waals surface area contributed by atoms with Crippen molar-refractivity contribution in [3.8, 4) is 0 Å². The molecule has 1 aromatic carbocycles. The number of hydrogen-bond donors (Lipinski definition) is 0. The van der Waals surface area contributed by atoms with Crippen LogP contribution >= 0.6 is 15.9 Å². The van der Waals surface area contributed by atoms with E-state index in [4.69, 9.17) is 0 Å². The van der Waals surface area contributed by atoms with E-state index >= 15 is 0 Å². The molecule has 0 aliphatic carbocycles. The van der Waals surface area contributed by atoms with Crippen molar-refractivity contribution in [3.05, 3.63) is 35.4 Å². The summed E-state index contributed by atoms with van der Waals surface area (Å²) in [7, 11) is 0. The third kappa shape index (κ3) is 5.11. The van der Waals surface area contributed by atoms with E-state index < -0.39 is 11.7 Å². The van der Waals surface area contributed by atoms with E-state index in [1.807, 2.05) is 0 Å². The van der Waals surface area contributed by atoms with Crippen molar-refractivity contribution in [1.29, 1.82) is 0 Å². The van der Waals surface area contributed by atoms with Gasteiger partial charge in [0.2, 0.25) is 0 Å². The maximum absolute atomic E-state index is 12.3. The lowest BCUT2D eigenvalue weighted by atomic mass is 9.96. The van der Waals surface area contributed by atoms with Crippen LogP contribution in [-0.2, 0) is 12.6 Å². The molecule has 0 fully saturated rings. The summed E-state index contributed by atoms with van der Waals surface area (Å²) in [5.74, 6) is 0.459. The van der Waals surface area contributed by atoms with Gasteiger partial charge in [-0.25, -0.2) is 0 Å². The molecule has 2 atom stereocenters. The molecule has 0 aromatic heterocycles. The van der Waals surface area contributed by atoms with Crippen molar-refractivity contribution in [3.63, 3.8) is 0 Å². The second-order valence-corrected chi connectivity index (χ2v) is 6.08. The molecule has 0 saturated heterocycles. The van der Waals surface area contributed by atoms with Crippen LogP contribution in [0.2, 0.25) is 0 Å². The number of alkyl halides is 4. The fourth-order valence-corrected chi connectivity index (χ4v) is 2.51. The maximum Gasteiger partial charge on any atom is 0.416 e. The molecule has 96 valence electrons. The first-order chi connectivity index (χ1) is 7.79. The van der Waals surface area contributed by atoms with Gasteiger partial charge in [0.25, 0.3) is 0 Å². The molecule has 0 spiro atoms. The molecule has 0 aliphatic heterocycles. The normalized spacial score (nSPS) is 15.6. The third-order valence-electron chi connectivity index (χ3n) is 2.59. The molecule has 17 heavy (non-hydrogen) atoms. The van der Waals surface area contributed by atoms with Gasteiger partial charge < -0.3 is 0 Å². The van der Waals surface area contributed by atoms with Gasteiger partial charge in [-0.3, -0.25) is 0 Å². The predicted molar refractivity (Wildman–Crippen MR) is 67.3 cm³/mol. The molecule has 0 nitrogen and oxygen atoms in total. The Morgan fingerprint density at radius 2 is 1.65 bits per heavy atom. The second kappa shape index (κ2) is 5.89. The highest BCUT2D eigenvalue weighted by Gasteiger charge is 2.29. The summed E-state index contributed by atoms with van der Waals surface area (Å²) in [4.78, 5) is 0.437. The molecule has 0 amide bonds. The first-order valence-corrected chi connectivity index (χ1v) is 6.51. The topological polar surface area (TPSA) is 0 Å². The van der Waals surface area contributed by atoms with Crippen LogP contribution in [0.1, 0.15) is 31.4 Å². The smallest absolute Gasteiger partial charge is 0.166 e. The summed E-state index contributed by atoms with van der Waals surface area (Å²) in [6, 6.07) is 5.44. The largest absolute Gasteiger partial charge is 0.416 e. The highest BCUT2D eigenvalue weighted by molar-refractivity contribution is 9.09. The van der Waals surface area contributed by atoms with Gasteiger partial charge in [-0.15, -0.1) is 0 Å². The van der Waals surface area contributed by atoms with Crippen molar-refractivity contribution >= 4 is 15.9 Å². The van der Waals surface area contributed by atoms with Crippen LogP contribution in [0.5, 0.6) is 0 Å². The Balaban J connectivity index is 2.63. The first kappa shape index (κ1) is 14.6. The minimum atomic E-state index is -4.24. The maximum atomic E-state index is 12.3. The lowest BCUT2D eigenvalue weighted by molar-refractivity contribution is -0.137. The Hall–Kier alpha value is -0.510. The van der Waals surface area contributed by atoms with Crippen LogP contribution < -0.4 is 0 Å². The van der Waals surface area contributed by atoms with E-state index in [-0.39, 0.29) is 0 Å². The summed E-state index contributed by atoms with van der Waals surface area (Å²) in [6.07, 6.45) is -2.41. The van der Waals surface area contributed by atoms with Crippen molar-refractivity contribution in [1.82, 2.24) is 0 Å². The summed E-state index contributed by atoms with van der Waals surface area (Å²) in [5.41, 5.74) is 0.376. The third-order valence-corrected chi connectivity index (χ3v) is 2.97. The van der Waals surface area contributed by atoms with E-state index in [9.17, 15) is 13.2 Å². The summed E-state index contributed by atoms with van der Waals surface area (Å²) < 4.78 is 37.0. The number of halogens is 4. The van der Waals surface area contributed by atoms with Gasteiger partial charge in [0.1, 0.15) is 0 Å². The van der Waals surface area contributed by atoms with Gasteiger partial charge >= 0.3 is 6.18 Å². The summed E-state index contributed by atoms with van der Waals surface area (Å²) in [5, 5.41) is 0. The standard InChI is InChI=1S/C13H16BrF3/c1-9(7-10(2)14)8-11-3-5-12(6-4-11)13(15,16)17/h3-6,9-10H,7-8H2,1-2H3. The zero-order valence-electron chi connectivity index (χ0n) is 9.89. The second-order valence-electron chi connectivity index (χ2n) is 4.52. The Morgan fingerprint density at radius 1 is 1.12 bits per heavy atom. The van der Waals surface area contributed by atoms with Gasteiger partial charge in [0, 0.05) is 4.83 Å². The van der Waals surface area contributed by atoms with Crippen LogP contribution in [0.15, 0.2) is 24.3 Å². The zero-order valence-corrected chi connectivity index (χ0v) is 11.5. The number of hydrogen-bond acceptors (Lipinski definition) is 0. The van der Waals surface area contributed by atoms with E-state index in [0.717, 1.165) is 30.5 Å². The molecule has 0 heterocycles. The molecular weight excluding hydrogens is 293 g/mol. The van der Waals surface area contributed by atoms with Crippen LogP contribution in [0.3, 0.4) is 0 Å². The molecule has 0 radical (unpaired) electrons. The molecule has 0 saturated carbocycles. The average Bonchev–Trinajstić information content (AvgIpc) is 2.15. The highest BCUT2D eigenvalue weighted by atomic mass is 79.9. The number of rotatable bonds is 4. The Kier molecular flexibility index (Phi) is 5.04. The predicted octanol–water partition coefficient (Wildman–Crippen LogP) is 5.06. The minimum absolute atomic E-state index is 0.437. The summed E-state index contributed by atoms with van der Waals surface area (Å²) >= 11 is 3.48. The molecule has 4 heteroatoms. The molecule has 0 aliphatic rings. The fraction of sp³-hybridized carbons (Fsp3) is 0.538. The SMILES string of the molecule is CC(Br)CC(C)Cc1ccc(C(F)(F)F)cc1. The van der Waals surface area contributed by atoms with Gasteiger partial charge in [-0.05, 0) is 36.5 Å². The molecule has 0 bridgehead atoms. The van der Waals surface area contributed by atoms with E-state index in [1.165, 1.54) is 0 Å². The fourth-order valence-electron chi connectivity index (χ4n) is 1.87. The lowest BCUT2D eigenvalue weighted by Gasteiger charge is -2.13.